The molecule has 0 aromatic rings. The standard InChI is InChI=1S/C12H21N3O3S/c1-14-4-2-9(3-5-14)6-13-12(18)15-8-19-7-10(15)11(16)17/h9-10H,2-8H2,1H3,(H,13,18)(H,16,17)/t10-/m0/s1. The van der Waals surface area contributed by atoms with Gasteiger partial charge in [-0.1, -0.05) is 0 Å². The predicted octanol–water partition coefficient (Wildman–Crippen LogP) is 0.497. The van der Waals surface area contributed by atoms with Crippen molar-refractivity contribution in [2.75, 3.05) is 38.3 Å². The van der Waals surface area contributed by atoms with E-state index in [1.165, 1.54) is 16.7 Å². The molecule has 19 heavy (non-hydrogen) atoms. The summed E-state index contributed by atoms with van der Waals surface area (Å²) in [7, 11) is 2.10. The van der Waals surface area contributed by atoms with Crippen LogP contribution in [-0.4, -0.2) is 71.3 Å². The second-order valence-electron chi connectivity index (χ2n) is 5.26. The Balaban J connectivity index is 1.76. The molecule has 2 fully saturated rings. The Morgan fingerprint density at radius 1 is 1.37 bits per heavy atom. The number of rotatable bonds is 3. The molecule has 2 aliphatic rings. The van der Waals surface area contributed by atoms with Crippen LogP contribution < -0.4 is 5.32 Å². The lowest BCUT2D eigenvalue weighted by molar-refractivity contribution is -0.140. The highest BCUT2D eigenvalue weighted by Crippen LogP contribution is 2.21. The highest BCUT2D eigenvalue weighted by atomic mass is 32.2. The summed E-state index contributed by atoms with van der Waals surface area (Å²) in [5.41, 5.74) is 0. The smallest absolute Gasteiger partial charge is 0.327 e. The number of carbonyl (C=O) groups excluding carboxylic acids is 1. The van der Waals surface area contributed by atoms with Gasteiger partial charge in [-0.15, -0.1) is 11.8 Å². The van der Waals surface area contributed by atoms with E-state index in [1.54, 1.807) is 0 Å². The van der Waals surface area contributed by atoms with Gasteiger partial charge in [0.05, 0.1) is 5.88 Å². The van der Waals surface area contributed by atoms with E-state index in [-0.39, 0.29) is 6.03 Å². The summed E-state index contributed by atoms with van der Waals surface area (Å²) in [6.45, 7) is 2.79. The number of thioether (sulfide) groups is 1. The van der Waals surface area contributed by atoms with E-state index in [9.17, 15) is 9.59 Å². The van der Waals surface area contributed by atoms with E-state index in [1.807, 2.05) is 0 Å². The van der Waals surface area contributed by atoms with Gasteiger partial charge in [0.25, 0.3) is 0 Å². The third kappa shape index (κ3) is 3.76. The highest BCUT2D eigenvalue weighted by molar-refractivity contribution is 7.99. The van der Waals surface area contributed by atoms with Crippen molar-refractivity contribution in [3.63, 3.8) is 0 Å². The fourth-order valence-corrected chi connectivity index (χ4v) is 3.59. The Bertz CT molecular complexity index is 345. The number of aliphatic carboxylic acids is 1. The number of carbonyl (C=O) groups is 2. The number of carboxylic acid groups (broad SMARTS) is 1. The molecule has 6 nitrogen and oxygen atoms in total. The van der Waals surface area contributed by atoms with Gasteiger partial charge in [-0.05, 0) is 38.9 Å². The van der Waals surface area contributed by atoms with Gasteiger partial charge in [0.2, 0.25) is 0 Å². The van der Waals surface area contributed by atoms with Crippen molar-refractivity contribution in [3.8, 4) is 0 Å². The van der Waals surface area contributed by atoms with Crippen LogP contribution in [0.25, 0.3) is 0 Å². The molecule has 2 rings (SSSR count). The maximum atomic E-state index is 12.0. The molecule has 2 N–H and O–H groups in total. The first-order valence-electron chi connectivity index (χ1n) is 6.61. The van der Waals surface area contributed by atoms with Gasteiger partial charge in [0.15, 0.2) is 0 Å². The summed E-state index contributed by atoms with van der Waals surface area (Å²) in [5.74, 6) is 0.547. The zero-order chi connectivity index (χ0) is 13.8. The number of nitrogens with zero attached hydrogens (tertiary/aromatic N) is 2. The Labute approximate surface area is 117 Å². The fourth-order valence-electron chi connectivity index (χ4n) is 2.45. The Morgan fingerprint density at radius 2 is 2.05 bits per heavy atom. The molecule has 0 radical (unpaired) electrons. The minimum atomic E-state index is -0.917. The number of urea groups is 1. The van der Waals surface area contributed by atoms with Gasteiger partial charge in [0, 0.05) is 12.3 Å². The summed E-state index contributed by atoms with van der Waals surface area (Å²) in [6, 6.07) is -0.918. The number of carboxylic acids is 1. The number of likely N-dealkylation sites (tertiary alicyclic amines) is 1. The van der Waals surface area contributed by atoms with Crippen LogP contribution in [0.4, 0.5) is 4.79 Å². The van der Waals surface area contributed by atoms with Crippen molar-refractivity contribution < 1.29 is 14.7 Å². The van der Waals surface area contributed by atoms with Gasteiger partial charge in [-0.3, -0.25) is 0 Å². The van der Waals surface area contributed by atoms with Crippen molar-refractivity contribution >= 4 is 23.8 Å². The molecule has 0 aliphatic carbocycles. The van der Waals surface area contributed by atoms with Crippen molar-refractivity contribution in [2.24, 2.45) is 5.92 Å². The third-order valence-corrected chi connectivity index (χ3v) is 4.82. The molecule has 0 spiro atoms. The molecular weight excluding hydrogens is 266 g/mol. The number of hydrogen-bond acceptors (Lipinski definition) is 4. The number of hydrogen-bond donors (Lipinski definition) is 2. The van der Waals surface area contributed by atoms with E-state index in [0.717, 1.165) is 25.9 Å². The maximum absolute atomic E-state index is 12.0. The maximum Gasteiger partial charge on any atom is 0.327 e. The van der Waals surface area contributed by atoms with Crippen molar-refractivity contribution in [1.29, 1.82) is 0 Å². The van der Waals surface area contributed by atoms with E-state index in [2.05, 4.69) is 17.3 Å². The van der Waals surface area contributed by atoms with Crippen molar-refractivity contribution in [1.82, 2.24) is 15.1 Å². The molecule has 2 saturated heterocycles. The molecule has 7 heteroatoms. The molecule has 0 unspecified atom stereocenters. The Hall–Kier alpha value is -0.950. The van der Waals surface area contributed by atoms with Crippen LogP contribution in [0, 0.1) is 5.92 Å². The summed E-state index contributed by atoms with van der Waals surface area (Å²) in [4.78, 5) is 26.7. The second kappa shape index (κ2) is 6.47. The van der Waals surface area contributed by atoms with E-state index in [4.69, 9.17) is 5.11 Å². The molecule has 0 saturated carbocycles. The highest BCUT2D eigenvalue weighted by Gasteiger charge is 2.34. The summed E-state index contributed by atoms with van der Waals surface area (Å²) in [5, 5.41) is 11.9. The van der Waals surface area contributed by atoms with Crippen LogP contribution in [0.1, 0.15) is 12.8 Å². The number of nitrogens with one attached hydrogen (secondary N) is 1. The van der Waals surface area contributed by atoms with Gasteiger partial charge < -0.3 is 20.2 Å². The molecule has 108 valence electrons. The second-order valence-corrected chi connectivity index (χ2v) is 6.26. The number of piperidine rings is 1. The minimum Gasteiger partial charge on any atom is -0.480 e. The van der Waals surface area contributed by atoms with Crippen molar-refractivity contribution in [2.45, 2.75) is 18.9 Å². The van der Waals surface area contributed by atoms with Gasteiger partial charge in [0.1, 0.15) is 6.04 Å². The molecule has 1 atom stereocenters. The molecule has 2 heterocycles. The summed E-state index contributed by atoms with van der Waals surface area (Å²) in [6.07, 6.45) is 2.18. The monoisotopic (exact) mass is 287 g/mol. The van der Waals surface area contributed by atoms with Gasteiger partial charge in [-0.25, -0.2) is 9.59 Å². The van der Waals surface area contributed by atoms with Crippen LogP contribution in [-0.2, 0) is 4.79 Å². The first-order chi connectivity index (χ1) is 9.08. The lowest BCUT2D eigenvalue weighted by atomic mass is 9.97. The molecule has 0 aromatic heterocycles. The number of amides is 2. The van der Waals surface area contributed by atoms with Crippen LogP contribution >= 0.6 is 11.8 Å². The first-order valence-corrected chi connectivity index (χ1v) is 7.77. The molecule has 0 aromatic carbocycles. The largest absolute Gasteiger partial charge is 0.480 e. The van der Waals surface area contributed by atoms with E-state index < -0.39 is 12.0 Å². The molecule has 0 bridgehead atoms. The van der Waals surface area contributed by atoms with Gasteiger partial charge in [-0.2, -0.15) is 0 Å². The average Bonchev–Trinajstić information content (AvgIpc) is 2.87. The quantitative estimate of drug-likeness (QED) is 0.791. The van der Waals surface area contributed by atoms with Crippen LogP contribution in [0.5, 0.6) is 0 Å². The SMILES string of the molecule is CN1CCC(CNC(=O)N2CSC[C@H]2C(=O)O)CC1. The van der Waals surface area contributed by atoms with Crippen molar-refractivity contribution in [3.05, 3.63) is 0 Å². The molecule has 2 aliphatic heterocycles. The Morgan fingerprint density at radius 3 is 2.68 bits per heavy atom. The van der Waals surface area contributed by atoms with E-state index >= 15 is 0 Å². The first kappa shape index (κ1) is 14.5. The lowest BCUT2D eigenvalue weighted by Gasteiger charge is -2.29. The van der Waals surface area contributed by atoms with E-state index in [0.29, 0.717) is 24.1 Å². The average molecular weight is 287 g/mol. The minimum absolute atomic E-state index is 0.240. The fraction of sp³-hybridized carbons (Fsp3) is 0.833. The third-order valence-electron chi connectivity index (χ3n) is 3.81. The summed E-state index contributed by atoms with van der Waals surface area (Å²) < 4.78 is 0. The predicted molar refractivity (Wildman–Crippen MR) is 74.2 cm³/mol. The molecular formula is C12H21N3O3S. The normalized spacial score (nSPS) is 25.5. The summed E-state index contributed by atoms with van der Waals surface area (Å²) >= 11 is 1.49. The zero-order valence-corrected chi connectivity index (χ0v) is 12.0. The zero-order valence-electron chi connectivity index (χ0n) is 11.2. The molecule has 2 amide bonds. The topological polar surface area (TPSA) is 72.9 Å². The van der Waals surface area contributed by atoms with Gasteiger partial charge >= 0.3 is 12.0 Å². The Kier molecular flexibility index (Phi) is 4.93. The van der Waals surface area contributed by atoms with Crippen LogP contribution in [0.2, 0.25) is 0 Å². The van der Waals surface area contributed by atoms with Crippen LogP contribution in [0.3, 0.4) is 0 Å². The lowest BCUT2D eigenvalue weighted by Crippen LogP contribution is -2.48. The van der Waals surface area contributed by atoms with Crippen LogP contribution in [0.15, 0.2) is 0 Å².